The number of nitrogens with one attached hydrogen (secondary N) is 1. The monoisotopic (exact) mass is 296 g/mol. The summed E-state index contributed by atoms with van der Waals surface area (Å²) in [6.45, 7) is -0.268. The van der Waals surface area contributed by atoms with Crippen LogP contribution in [0.4, 0.5) is 18.9 Å². The summed E-state index contributed by atoms with van der Waals surface area (Å²) in [7, 11) is 0. The number of amides is 1. The second-order valence-electron chi connectivity index (χ2n) is 4.29. The summed E-state index contributed by atoms with van der Waals surface area (Å²) >= 11 is 0. The van der Waals surface area contributed by atoms with Gasteiger partial charge in [-0.1, -0.05) is 12.1 Å². The van der Waals surface area contributed by atoms with Crippen LogP contribution in [0.3, 0.4) is 0 Å². The molecule has 0 atom stereocenters. The van der Waals surface area contributed by atoms with E-state index in [1.165, 1.54) is 30.5 Å². The van der Waals surface area contributed by atoms with Gasteiger partial charge in [0, 0.05) is 18.0 Å². The van der Waals surface area contributed by atoms with Gasteiger partial charge in [-0.3, -0.25) is 9.59 Å². The van der Waals surface area contributed by atoms with Crippen LogP contribution < -0.4 is 10.9 Å². The van der Waals surface area contributed by atoms with Crippen LogP contribution in [0.1, 0.15) is 5.56 Å². The molecule has 0 spiro atoms. The molecule has 1 aromatic carbocycles. The summed E-state index contributed by atoms with van der Waals surface area (Å²) in [5.41, 5.74) is -1.19. The third kappa shape index (κ3) is 3.95. The van der Waals surface area contributed by atoms with Crippen molar-refractivity contribution in [2.75, 3.05) is 5.32 Å². The van der Waals surface area contributed by atoms with Gasteiger partial charge in [-0.05, 0) is 24.3 Å². The van der Waals surface area contributed by atoms with Gasteiger partial charge in [0.25, 0.3) is 5.56 Å². The molecule has 1 N–H and O–H groups in total. The molecule has 2 aromatic rings. The summed E-state index contributed by atoms with van der Waals surface area (Å²) in [5, 5.41) is 2.33. The molecule has 0 aliphatic rings. The van der Waals surface area contributed by atoms with E-state index in [1.807, 2.05) is 0 Å². The average molecular weight is 296 g/mol. The Morgan fingerprint density at radius 2 is 1.90 bits per heavy atom. The number of alkyl halides is 3. The molecule has 0 bridgehead atoms. The number of carbonyl (C=O) groups is 1. The van der Waals surface area contributed by atoms with Crippen molar-refractivity contribution in [1.29, 1.82) is 0 Å². The number of rotatable bonds is 3. The predicted molar refractivity (Wildman–Crippen MR) is 70.8 cm³/mol. The van der Waals surface area contributed by atoms with E-state index < -0.39 is 17.6 Å². The van der Waals surface area contributed by atoms with Crippen LogP contribution in [-0.2, 0) is 17.5 Å². The lowest BCUT2D eigenvalue weighted by molar-refractivity contribution is -0.137. The second kappa shape index (κ2) is 5.82. The molecule has 110 valence electrons. The Morgan fingerprint density at radius 1 is 1.14 bits per heavy atom. The normalized spacial score (nSPS) is 11.2. The lowest BCUT2D eigenvalue weighted by Gasteiger charge is -2.10. The molecule has 0 fully saturated rings. The SMILES string of the molecule is O=C(Cn1ccccc1=O)Nc1cccc(C(F)(F)F)c1. The fourth-order valence-electron chi connectivity index (χ4n) is 1.72. The Morgan fingerprint density at radius 3 is 2.57 bits per heavy atom. The van der Waals surface area contributed by atoms with E-state index >= 15 is 0 Å². The van der Waals surface area contributed by atoms with Gasteiger partial charge in [0.1, 0.15) is 6.54 Å². The number of carbonyl (C=O) groups excluding carboxylic acids is 1. The van der Waals surface area contributed by atoms with E-state index in [1.54, 1.807) is 6.07 Å². The first kappa shape index (κ1) is 14.8. The lowest BCUT2D eigenvalue weighted by Crippen LogP contribution is -2.26. The van der Waals surface area contributed by atoms with Crippen molar-refractivity contribution in [1.82, 2.24) is 4.57 Å². The summed E-state index contributed by atoms with van der Waals surface area (Å²) in [5.74, 6) is -0.581. The Labute approximate surface area is 117 Å². The molecule has 0 aliphatic carbocycles. The zero-order chi connectivity index (χ0) is 15.5. The summed E-state index contributed by atoms with van der Waals surface area (Å²) in [6, 6.07) is 8.71. The first-order valence-corrected chi connectivity index (χ1v) is 5.99. The van der Waals surface area contributed by atoms with Crippen LogP contribution in [0.15, 0.2) is 53.5 Å². The number of nitrogens with zero attached hydrogens (tertiary/aromatic N) is 1. The standard InChI is InChI=1S/C14H11F3N2O2/c15-14(16,17)10-4-3-5-11(8-10)18-12(20)9-19-7-2-1-6-13(19)21/h1-8H,9H2,(H,18,20). The molecular weight excluding hydrogens is 285 g/mol. The number of aromatic nitrogens is 1. The molecular formula is C14H11F3N2O2. The Kier molecular flexibility index (Phi) is 4.11. The molecule has 0 saturated heterocycles. The highest BCUT2D eigenvalue weighted by molar-refractivity contribution is 5.90. The number of pyridine rings is 1. The quantitative estimate of drug-likeness (QED) is 0.946. The number of benzene rings is 1. The van der Waals surface area contributed by atoms with Crippen LogP contribution in [0.5, 0.6) is 0 Å². The topological polar surface area (TPSA) is 51.1 Å². The molecule has 1 amide bonds. The van der Waals surface area contributed by atoms with Crippen molar-refractivity contribution in [3.05, 3.63) is 64.6 Å². The van der Waals surface area contributed by atoms with Gasteiger partial charge in [-0.2, -0.15) is 13.2 Å². The van der Waals surface area contributed by atoms with Crippen LogP contribution in [0, 0.1) is 0 Å². The van der Waals surface area contributed by atoms with E-state index in [2.05, 4.69) is 5.32 Å². The maximum atomic E-state index is 12.5. The van der Waals surface area contributed by atoms with Gasteiger partial charge in [0.15, 0.2) is 0 Å². The zero-order valence-electron chi connectivity index (χ0n) is 10.7. The van der Waals surface area contributed by atoms with Crippen LogP contribution in [-0.4, -0.2) is 10.5 Å². The highest BCUT2D eigenvalue weighted by Gasteiger charge is 2.30. The summed E-state index contributed by atoms with van der Waals surface area (Å²) in [4.78, 5) is 23.2. The van der Waals surface area contributed by atoms with E-state index in [0.29, 0.717) is 0 Å². The molecule has 1 heterocycles. The van der Waals surface area contributed by atoms with E-state index in [9.17, 15) is 22.8 Å². The minimum Gasteiger partial charge on any atom is -0.325 e. The van der Waals surface area contributed by atoms with Crippen molar-refractivity contribution >= 4 is 11.6 Å². The third-order valence-corrected chi connectivity index (χ3v) is 2.69. The van der Waals surface area contributed by atoms with Crippen molar-refractivity contribution in [3.63, 3.8) is 0 Å². The molecule has 0 unspecified atom stereocenters. The summed E-state index contributed by atoms with van der Waals surface area (Å²) < 4.78 is 38.8. The zero-order valence-corrected chi connectivity index (χ0v) is 10.7. The van der Waals surface area contributed by atoms with Gasteiger partial charge in [0.2, 0.25) is 5.91 Å². The van der Waals surface area contributed by atoms with Gasteiger partial charge >= 0.3 is 6.18 Å². The molecule has 4 nitrogen and oxygen atoms in total. The van der Waals surface area contributed by atoms with Crippen LogP contribution in [0.2, 0.25) is 0 Å². The van der Waals surface area contributed by atoms with E-state index in [0.717, 1.165) is 16.7 Å². The third-order valence-electron chi connectivity index (χ3n) is 2.69. The molecule has 2 rings (SSSR count). The highest BCUT2D eigenvalue weighted by Crippen LogP contribution is 2.30. The molecule has 7 heteroatoms. The van der Waals surface area contributed by atoms with Gasteiger partial charge in [-0.15, -0.1) is 0 Å². The van der Waals surface area contributed by atoms with E-state index in [4.69, 9.17) is 0 Å². The maximum absolute atomic E-state index is 12.5. The Bertz CT molecular complexity index is 708. The van der Waals surface area contributed by atoms with Crippen LogP contribution >= 0.6 is 0 Å². The van der Waals surface area contributed by atoms with Crippen molar-refractivity contribution in [2.45, 2.75) is 12.7 Å². The molecule has 0 aliphatic heterocycles. The number of hydrogen-bond acceptors (Lipinski definition) is 2. The summed E-state index contributed by atoms with van der Waals surface area (Å²) in [6.07, 6.45) is -3.05. The van der Waals surface area contributed by atoms with Crippen LogP contribution in [0.25, 0.3) is 0 Å². The van der Waals surface area contributed by atoms with Crippen molar-refractivity contribution in [3.8, 4) is 0 Å². The molecule has 0 radical (unpaired) electrons. The smallest absolute Gasteiger partial charge is 0.325 e. The van der Waals surface area contributed by atoms with Gasteiger partial charge in [0.05, 0.1) is 5.56 Å². The number of anilines is 1. The Hall–Kier alpha value is -2.57. The van der Waals surface area contributed by atoms with Gasteiger partial charge < -0.3 is 9.88 Å². The minimum atomic E-state index is -4.48. The maximum Gasteiger partial charge on any atom is 0.416 e. The molecule has 1 aromatic heterocycles. The second-order valence-corrected chi connectivity index (χ2v) is 4.29. The lowest BCUT2D eigenvalue weighted by atomic mass is 10.2. The number of hydrogen-bond donors (Lipinski definition) is 1. The fraction of sp³-hybridized carbons (Fsp3) is 0.143. The van der Waals surface area contributed by atoms with Crippen molar-refractivity contribution < 1.29 is 18.0 Å². The predicted octanol–water partition coefficient (Wildman–Crippen LogP) is 2.51. The molecule has 21 heavy (non-hydrogen) atoms. The largest absolute Gasteiger partial charge is 0.416 e. The first-order chi connectivity index (χ1) is 9.86. The van der Waals surface area contributed by atoms with Crippen molar-refractivity contribution in [2.24, 2.45) is 0 Å². The van der Waals surface area contributed by atoms with E-state index in [-0.39, 0.29) is 17.8 Å². The number of halogens is 3. The minimum absolute atomic E-state index is 0.0267. The molecule has 0 saturated carbocycles. The highest BCUT2D eigenvalue weighted by atomic mass is 19.4. The Balaban J connectivity index is 2.10. The first-order valence-electron chi connectivity index (χ1n) is 5.99. The fourth-order valence-corrected chi connectivity index (χ4v) is 1.72. The van der Waals surface area contributed by atoms with Gasteiger partial charge in [-0.25, -0.2) is 0 Å². The average Bonchev–Trinajstić information content (AvgIpc) is 2.41.